The summed E-state index contributed by atoms with van der Waals surface area (Å²) in [6.45, 7) is 2.29. The van der Waals surface area contributed by atoms with E-state index in [1.807, 2.05) is 0 Å². The summed E-state index contributed by atoms with van der Waals surface area (Å²) in [6.07, 6.45) is -4.06. The largest absolute Gasteiger partial charge is 0.416 e. The molecule has 3 heterocycles. The molecular formula is C25H24F4N4O3. The van der Waals surface area contributed by atoms with E-state index < -0.39 is 23.5 Å². The molecule has 5 rings (SSSR count). The first kappa shape index (κ1) is 24.2. The Hall–Kier alpha value is -3.47. The topological polar surface area (TPSA) is 71.7 Å². The second-order valence-corrected chi connectivity index (χ2v) is 9.01. The van der Waals surface area contributed by atoms with Crippen LogP contribution in [0.3, 0.4) is 0 Å². The lowest BCUT2D eigenvalue weighted by Gasteiger charge is -2.40. The fourth-order valence-corrected chi connectivity index (χ4v) is 4.75. The summed E-state index contributed by atoms with van der Waals surface area (Å²) in [5, 5.41) is 3.97. The highest BCUT2D eigenvalue weighted by molar-refractivity contribution is 5.75. The van der Waals surface area contributed by atoms with Gasteiger partial charge in [0.2, 0.25) is 11.7 Å². The van der Waals surface area contributed by atoms with Crippen molar-refractivity contribution >= 4 is 6.03 Å². The summed E-state index contributed by atoms with van der Waals surface area (Å²) in [4.78, 5) is 21.1. The average molecular weight is 504 g/mol. The smallest absolute Gasteiger partial charge is 0.378 e. The number of likely N-dealkylation sites (tertiary alicyclic amines) is 1. The van der Waals surface area contributed by atoms with Crippen molar-refractivity contribution in [3.63, 3.8) is 0 Å². The van der Waals surface area contributed by atoms with Crippen LogP contribution in [0.25, 0.3) is 11.4 Å². The minimum atomic E-state index is -4.47. The van der Waals surface area contributed by atoms with Crippen LogP contribution in [0.5, 0.6) is 0 Å². The predicted octanol–water partition coefficient (Wildman–Crippen LogP) is 4.92. The van der Waals surface area contributed by atoms with E-state index >= 15 is 0 Å². The number of ether oxygens (including phenoxy) is 1. The monoisotopic (exact) mass is 504 g/mol. The molecule has 7 nitrogen and oxygen atoms in total. The quantitative estimate of drug-likeness (QED) is 0.474. The van der Waals surface area contributed by atoms with Crippen LogP contribution in [0.2, 0.25) is 0 Å². The van der Waals surface area contributed by atoms with Crippen LogP contribution in [0.1, 0.15) is 35.3 Å². The average Bonchev–Trinajstić information content (AvgIpc) is 3.39. The Balaban J connectivity index is 1.44. The zero-order valence-corrected chi connectivity index (χ0v) is 19.2. The summed E-state index contributed by atoms with van der Waals surface area (Å²) in [6, 6.07) is 10.8. The van der Waals surface area contributed by atoms with Gasteiger partial charge in [-0.25, -0.2) is 9.18 Å². The molecule has 0 bridgehead atoms. The summed E-state index contributed by atoms with van der Waals surface area (Å²) in [5.74, 6) is -0.760. The molecule has 1 aromatic heterocycles. The van der Waals surface area contributed by atoms with Gasteiger partial charge in [-0.05, 0) is 30.2 Å². The molecule has 36 heavy (non-hydrogen) atoms. The molecule has 2 aliphatic heterocycles. The van der Waals surface area contributed by atoms with Gasteiger partial charge in [0.05, 0.1) is 24.7 Å². The van der Waals surface area contributed by atoms with Gasteiger partial charge < -0.3 is 19.1 Å². The van der Waals surface area contributed by atoms with E-state index in [2.05, 4.69) is 10.1 Å². The maximum absolute atomic E-state index is 13.7. The molecule has 0 saturated carbocycles. The molecular weight excluding hydrogens is 480 g/mol. The third-order valence-corrected chi connectivity index (χ3v) is 6.56. The number of halogens is 4. The van der Waals surface area contributed by atoms with Gasteiger partial charge in [0, 0.05) is 37.7 Å². The van der Waals surface area contributed by atoms with Crippen LogP contribution in [-0.2, 0) is 10.9 Å². The van der Waals surface area contributed by atoms with Gasteiger partial charge >= 0.3 is 12.2 Å². The van der Waals surface area contributed by atoms with Crippen molar-refractivity contribution in [1.82, 2.24) is 19.9 Å². The number of piperidine rings is 1. The van der Waals surface area contributed by atoms with E-state index in [-0.39, 0.29) is 36.8 Å². The molecule has 2 amide bonds. The fraction of sp³-hybridized carbons (Fsp3) is 0.400. The first-order valence-corrected chi connectivity index (χ1v) is 11.7. The molecule has 2 unspecified atom stereocenters. The molecule has 2 aliphatic rings. The highest BCUT2D eigenvalue weighted by Gasteiger charge is 2.38. The van der Waals surface area contributed by atoms with Crippen LogP contribution >= 0.6 is 0 Å². The molecule has 0 aliphatic carbocycles. The number of rotatable bonds is 3. The van der Waals surface area contributed by atoms with Crippen molar-refractivity contribution in [3.8, 4) is 11.4 Å². The first-order valence-electron chi connectivity index (χ1n) is 11.7. The lowest BCUT2D eigenvalue weighted by Crippen LogP contribution is -2.52. The number of benzene rings is 2. The van der Waals surface area contributed by atoms with Gasteiger partial charge in [0.1, 0.15) is 5.82 Å². The Morgan fingerprint density at radius 3 is 2.47 bits per heavy atom. The fourth-order valence-electron chi connectivity index (χ4n) is 4.75. The zero-order chi connectivity index (χ0) is 25.3. The predicted molar refractivity (Wildman–Crippen MR) is 121 cm³/mol. The number of carbonyl (C=O) groups excluding carboxylic acids is 1. The molecule has 0 N–H and O–H groups in total. The van der Waals surface area contributed by atoms with Crippen LogP contribution < -0.4 is 0 Å². The number of hydrogen-bond donors (Lipinski definition) is 0. The number of amides is 2. The highest BCUT2D eigenvalue weighted by atomic mass is 19.4. The number of aromatic nitrogens is 2. The summed E-state index contributed by atoms with van der Waals surface area (Å²) in [7, 11) is 0. The minimum Gasteiger partial charge on any atom is -0.378 e. The lowest BCUT2D eigenvalue weighted by atomic mass is 9.84. The number of carbonyl (C=O) groups is 1. The second-order valence-electron chi connectivity index (χ2n) is 9.01. The van der Waals surface area contributed by atoms with E-state index in [0.29, 0.717) is 43.9 Å². The van der Waals surface area contributed by atoms with Gasteiger partial charge in [-0.2, -0.15) is 18.2 Å². The van der Waals surface area contributed by atoms with Crippen LogP contribution in [0.4, 0.5) is 22.4 Å². The van der Waals surface area contributed by atoms with Crippen LogP contribution in [0.15, 0.2) is 53.1 Å². The molecule has 2 fully saturated rings. The van der Waals surface area contributed by atoms with Gasteiger partial charge in [-0.3, -0.25) is 0 Å². The number of nitrogens with zero attached hydrogens (tertiary/aromatic N) is 4. The van der Waals surface area contributed by atoms with Crippen molar-refractivity contribution < 1.29 is 31.6 Å². The molecule has 2 atom stereocenters. The number of alkyl halides is 3. The molecule has 190 valence electrons. The molecule has 3 aromatic rings. The highest BCUT2D eigenvalue weighted by Crippen LogP contribution is 2.38. The van der Waals surface area contributed by atoms with Crippen molar-refractivity contribution in [3.05, 3.63) is 71.4 Å². The molecule has 2 saturated heterocycles. The normalized spacial score (nSPS) is 21.0. The van der Waals surface area contributed by atoms with E-state index in [4.69, 9.17) is 9.26 Å². The zero-order valence-electron chi connectivity index (χ0n) is 19.2. The van der Waals surface area contributed by atoms with Gasteiger partial charge in [0.25, 0.3) is 0 Å². The van der Waals surface area contributed by atoms with E-state index in [1.54, 1.807) is 21.9 Å². The van der Waals surface area contributed by atoms with Gasteiger partial charge in [0.15, 0.2) is 0 Å². The van der Waals surface area contributed by atoms with E-state index in [1.165, 1.54) is 24.3 Å². The number of morpholine rings is 1. The minimum absolute atomic E-state index is 0.204. The Kier molecular flexibility index (Phi) is 6.65. The Labute approximate surface area is 204 Å². The first-order chi connectivity index (χ1) is 17.3. The van der Waals surface area contributed by atoms with Gasteiger partial charge in [-0.15, -0.1) is 0 Å². The van der Waals surface area contributed by atoms with Crippen molar-refractivity contribution in [2.75, 3.05) is 39.4 Å². The summed E-state index contributed by atoms with van der Waals surface area (Å²) in [5.41, 5.74) is 0.190. The molecule has 0 spiro atoms. The summed E-state index contributed by atoms with van der Waals surface area (Å²) < 4.78 is 64.6. The summed E-state index contributed by atoms with van der Waals surface area (Å²) >= 11 is 0. The number of urea groups is 1. The SMILES string of the molecule is O=C(N1CCOCC1)N1CC(c2cccc(C(F)(F)F)c2)CC(c2nc(-c3cccc(F)c3)no2)C1. The van der Waals surface area contributed by atoms with Crippen LogP contribution in [-0.4, -0.2) is 65.4 Å². The van der Waals surface area contributed by atoms with Crippen molar-refractivity contribution in [2.24, 2.45) is 0 Å². The molecule has 2 aromatic carbocycles. The van der Waals surface area contributed by atoms with E-state index in [0.717, 1.165) is 12.1 Å². The lowest BCUT2D eigenvalue weighted by molar-refractivity contribution is -0.137. The molecule has 11 heteroatoms. The van der Waals surface area contributed by atoms with Crippen LogP contribution in [0, 0.1) is 5.82 Å². The third kappa shape index (κ3) is 5.20. The Bertz CT molecular complexity index is 1230. The maximum atomic E-state index is 13.7. The third-order valence-electron chi connectivity index (χ3n) is 6.56. The van der Waals surface area contributed by atoms with Crippen molar-refractivity contribution in [2.45, 2.75) is 24.4 Å². The van der Waals surface area contributed by atoms with Gasteiger partial charge in [-0.1, -0.05) is 35.5 Å². The Morgan fingerprint density at radius 1 is 0.972 bits per heavy atom. The standard InChI is InChI=1S/C25H24F4N4O3/c26-21-6-2-4-17(13-21)22-30-23(36-31-22)19-11-18(16-3-1-5-20(12-16)25(27,28)29)14-33(15-19)24(34)32-7-9-35-10-8-32/h1-6,12-13,18-19H,7-11,14-15H2. The maximum Gasteiger partial charge on any atom is 0.416 e. The number of hydrogen-bond acceptors (Lipinski definition) is 5. The van der Waals surface area contributed by atoms with Crippen molar-refractivity contribution in [1.29, 1.82) is 0 Å². The van der Waals surface area contributed by atoms with E-state index in [9.17, 15) is 22.4 Å². The second kappa shape index (κ2) is 9.88. The Morgan fingerprint density at radius 2 is 1.72 bits per heavy atom. The molecule has 0 radical (unpaired) electrons.